The molecule has 26 heavy (non-hydrogen) atoms. The van der Waals surface area contributed by atoms with Gasteiger partial charge >= 0.3 is 6.09 Å². The lowest BCUT2D eigenvalue weighted by Crippen LogP contribution is -2.39. The molecule has 0 saturated carbocycles. The lowest BCUT2D eigenvalue weighted by Gasteiger charge is -2.31. The Balaban J connectivity index is 1.34. The number of amides is 1. The fraction of sp³-hybridized carbons (Fsp3) is 0.421. The molecule has 136 valence electrons. The van der Waals surface area contributed by atoms with Gasteiger partial charge in [0.1, 0.15) is 12.4 Å². The van der Waals surface area contributed by atoms with E-state index in [4.69, 9.17) is 14.7 Å². The molecular formula is C19H21N3O3S. The molecule has 1 saturated heterocycles. The number of nitriles is 1. The molecule has 0 bridgehead atoms. The maximum Gasteiger partial charge on any atom is 0.410 e. The highest BCUT2D eigenvalue weighted by molar-refractivity contribution is 7.09. The fourth-order valence-corrected chi connectivity index (χ4v) is 3.45. The maximum absolute atomic E-state index is 12.1. The van der Waals surface area contributed by atoms with Crippen molar-refractivity contribution in [3.05, 3.63) is 46.4 Å². The minimum absolute atomic E-state index is 0.249. The Labute approximate surface area is 157 Å². The standard InChI is InChI=1S/C19H21N3O3S/c20-11-16-2-1-3-17(10-16)24-9-6-15-4-7-22(8-5-15)19(23)25-13-18-12-21-14-26-18/h1-3,10,12,14-15H,4-9,13H2. The van der Waals surface area contributed by atoms with E-state index in [1.54, 1.807) is 28.7 Å². The molecule has 1 aliphatic heterocycles. The molecule has 1 aliphatic rings. The molecule has 2 aromatic rings. The topological polar surface area (TPSA) is 75.5 Å². The van der Waals surface area contributed by atoms with Crippen LogP contribution in [0.5, 0.6) is 5.75 Å². The molecule has 1 aromatic carbocycles. The Morgan fingerprint density at radius 3 is 2.96 bits per heavy atom. The average molecular weight is 371 g/mol. The van der Waals surface area contributed by atoms with Crippen LogP contribution >= 0.6 is 11.3 Å². The van der Waals surface area contributed by atoms with Gasteiger partial charge in [-0.1, -0.05) is 6.07 Å². The lowest BCUT2D eigenvalue weighted by molar-refractivity contribution is 0.0807. The van der Waals surface area contributed by atoms with Crippen LogP contribution in [0.1, 0.15) is 29.7 Å². The van der Waals surface area contributed by atoms with E-state index in [0.717, 1.165) is 43.0 Å². The summed E-state index contributed by atoms with van der Waals surface area (Å²) in [4.78, 5) is 18.8. The van der Waals surface area contributed by atoms with Crippen LogP contribution in [-0.2, 0) is 11.3 Å². The first kappa shape index (κ1) is 18.2. The van der Waals surface area contributed by atoms with E-state index in [9.17, 15) is 4.79 Å². The summed E-state index contributed by atoms with van der Waals surface area (Å²) in [5.74, 6) is 1.27. The normalized spacial score (nSPS) is 14.7. The molecule has 1 aromatic heterocycles. The Kier molecular flexibility index (Phi) is 6.45. The van der Waals surface area contributed by atoms with E-state index in [0.29, 0.717) is 24.7 Å². The average Bonchev–Trinajstić information content (AvgIpc) is 3.20. The first-order valence-electron chi connectivity index (χ1n) is 8.66. The number of carbonyl (C=O) groups is 1. The van der Waals surface area contributed by atoms with E-state index in [1.807, 2.05) is 12.1 Å². The van der Waals surface area contributed by atoms with E-state index < -0.39 is 0 Å². The van der Waals surface area contributed by atoms with Crippen LogP contribution in [0.25, 0.3) is 0 Å². The summed E-state index contributed by atoms with van der Waals surface area (Å²) in [5, 5.41) is 8.90. The highest BCUT2D eigenvalue weighted by atomic mass is 32.1. The van der Waals surface area contributed by atoms with Crippen molar-refractivity contribution in [2.24, 2.45) is 5.92 Å². The summed E-state index contributed by atoms with van der Waals surface area (Å²) >= 11 is 1.48. The first-order chi connectivity index (χ1) is 12.7. The maximum atomic E-state index is 12.1. The van der Waals surface area contributed by atoms with Gasteiger partial charge in [0.2, 0.25) is 0 Å². The monoisotopic (exact) mass is 371 g/mol. The second-order valence-electron chi connectivity index (χ2n) is 6.23. The SMILES string of the molecule is N#Cc1cccc(OCCC2CCN(C(=O)OCc3cncs3)CC2)c1. The molecule has 0 unspecified atom stereocenters. The molecule has 6 nitrogen and oxygen atoms in total. The molecule has 2 heterocycles. The van der Waals surface area contributed by atoms with E-state index in [2.05, 4.69) is 11.1 Å². The fourth-order valence-electron chi connectivity index (χ4n) is 2.94. The van der Waals surface area contributed by atoms with Crippen molar-refractivity contribution >= 4 is 17.4 Å². The number of rotatable bonds is 6. The number of nitrogens with zero attached hydrogens (tertiary/aromatic N) is 3. The predicted octanol–water partition coefficient (Wildman–Crippen LogP) is 3.83. The van der Waals surface area contributed by atoms with Crippen LogP contribution in [0.3, 0.4) is 0 Å². The van der Waals surface area contributed by atoms with Crippen molar-refractivity contribution in [2.75, 3.05) is 19.7 Å². The van der Waals surface area contributed by atoms with Gasteiger partial charge in [-0.3, -0.25) is 4.98 Å². The van der Waals surface area contributed by atoms with Gasteiger partial charge in [-0.25, -0.2) is 4.79 Å². The summed E-state index contributed by atoms with van der Waals surface area (Å²) in [6.45, 7) is 2.35. The first-order valence-corrected chi connectivity index (χ1v) is 9.54. The number of piperidine rings is 1. The van der Waals surface area contributed by atoms with Gasteiger partial charge in [0.05, 0.1) is 28.6 Å². The summed E-state index contributed by atoms with van der Waals surface area (Å²) in [6.07, 6.45) is 4.33. The Morgan fingerprint density at radius 1 is 1.38 bits per heavy atom. The minimum atomic E-state index is -0.249. The summed E-state index contributed by atoms with van der Waals surface area (Å²) in [6, 6.07) is 9.31. The van der Waals surface area contributed by atoms with Gasteiger partial charge < -0.3 is 14.4 Å². The van der Waals surface area contributed by atoms with Crippen molar-refractivity contribution in [1.82, 2.24) is 9.88 Å². The predicted molar refractivity (Wildman–Crippen MR) is 97.9 cm³/mol. The largest absolute Gasteiger partial charge is 0.494 e. The third-order valence-electron chi connectivity index (χ3n) is 4.45. The quantitative estimate of drug-likeness (QED) is 0.771. The third kappa shape index (κ3) is 5.20. The summed E-state index contributed by atoms with van der Waals surface area (Å²) in [5.41, 5.74) is 2.33. The second kappa shape index (κ2) is 9.20. The molecule has 0 spiro atoms. The van der Waals surface area contributed by atoms with Crippen LogP contribution < -0.4 is 4.74 Å². The number of likely N-dealkylation sites (tertiary alicyclic amines) is 1. The molecule has 0 N–H and O–H groups in total. The van der Waals surface area contributed by atoms with Gasteiger partial charge in [-0.15, -0.1) is 11.3 Å². The third-order valence-corrected chi connectivity index (χ3v) is 5.21. The molecule has 0 radical (unpaired) electrons. The highest BCUT2D eigenvalue weighted by Crippen LogP contribution is 2.22. The number of ether oxygens (including phenoxy) is 2. The Morgan fingerprint density at radius 2 is 2.23 bits per heavy atom. The zero-order valence-electron chi connectivity index (χ0n) is 14.5. The van der Waals surface area contributed by atoms with Crippen LogP contribution in [0.15, 0.2) is 36.0 Å². The zero-order chi connectivity index (χ0) is 18.2. The van der Waals surface area contributed by atoms with Gasteiger partial charge in [0, 0.05) is 19.3 Å². The van der Waals surface area contributed by atoms with E-state index in [-0.39, 0.29) is 6.09 Å². The Hall–Kier alpha value is -2.59. The number of carbonyl (C=O) groups excluding carboxylic acids is 1. The van der Waals surface area contributed by atoms with Crippen molar-refractivity contribution in [3.63, 3.8) is 0 Å². The molecule has 0 aliphatic carbocycles. The molecule has 1 fully saturated rings. The molecular weight excluding hydrogens is 350 g/mol. The van der Waals surface area contributed by atoms with Gasteiger partial charge in [-0.2, -0.15) is 5.26 Å². The number of thiazole rings is 1. The van der Waals surface area contributed by atoms with Crippen molar-refractivity contribution in [3.8, 4) is 11.8 Å². The van der Waals surface area contributed by atoms with Crippen molar-refractivity contribution in [1.29, 1.82) is 5.26 Å². The molecule has 1 amide bonds. The van der Waals surface area contributed by atoms with Gasteiger partial charge in [0.25, 0.3) is 0 Å². The van der Waals surface area contributed by atoms with Crippen LogP contribution in [0.2, 0.25) is 0 Å². The van der Waals surface area contributed by atoms with Gasteiger partial charge in [-0.05, 0) is 43.4 Å². The molecule has 7 heteroatoms. The van der Waals surface area contributed by atoms with Crippen molar-refractivity contribution < 1.29 is 14.3 Å². The van der Waals surface area contributed by atoms with Crippen LogP contribution in [0, 0.1) is 17.2 Å². The van der Waals surface area contributed by atoms with Gasteiger partial charge in [0.15, 0.2) is 0 Å². The number of hydrogen-bond acceptors (Lipinski definition) is 6. The van der Waals surface area contributed by atoms with Crippen molar-refractivity contribution in [2.45, 2.75) is 25.9 Å². The Bertz CT molecular complexity index is 750. The summed E-state index contributed by atoms with van der Waals surface area (Å²) in [7, 11) is 0. The highest BCUT2D eigenvalue weighted by Gasteiger charge is 2.23. The van der Waals surface area contributed by atoms with Crippen LogP contribution in [-0.4, -0.2) is 35.7 Å². The smallest absolute Gasteiger partial charge is 0.410 e. The molecule has 0 atom stereocenters. The zero-order valence-corrected chi connectivity index (χ0v) is 15.3. The number of benzene rings is 1. The van der Waals surface area contributed by atoms with E-state index >= 15 is 0 Å². The second-order valence-corrected chi connectivity index (χ2v) is 7.20. The van der Waals surface area contributed by atoms with Crippen LogP contribution in [0.4, 0.5) is 4.79 Å². The molecule has 3 rings (SSSR count). The van der Waals surface area contributed by atoms with E-state index in [1.165, 1.54) is 11.3 Å². The number of aromatic nitrogens is 1. The minimum Gasteiger partial charge on any atom is -0.494 e. The lowest BCUT2D eigenvalue weighted by atomic mass is 9.94. The summed E-state index contributed by atoms with van der Waals surface area (Å²) < 4.78 is 11.1. The number of hydrogen-bond donors (Lipinski definition) is 0.